The summed E-state index contributed by atoms with van der Waals surface area (Å²) in [6.07, 6.45) is 5.27. The molecule has 0 aromatic carbocycles. The van der Waals surface area contributed by atoms with Gasteiger partial charge in [-0.2, -0.15) is 0 Å². The van der Waals surface area contributed by atoms with Crippen molar-refractivity contribution in [1.29, 1.82) is 0 Å². The van der Waals surface area contributed by atoms with Gasteiger partial charge < -0.3 is 10.2 Å². The van der Waals surface area contributed by atoms with Crippen LogP contribution in [0.25, 0.3) is 0 Å². The summed E-state index contributed by atoms with van der Waals surface area (Å²) in [7, 11) is 0. The van der Waals surface area contributed by atoms with E-state index in [9.17, 15) is 4.39 Å². The molecule has 2 atom stereocenters. The summed E-state index contributed by atoms with van der Waals surface area (Å²) in [5.74, 6) is 0.319. The van der Waals surface area contributed by atoms with Crippen LogP contribution in [0.5, 0.6) is 0 Å². The van der Waals surface area contributed by atoms with E-state index in [1.165, 1.54) is 12.6 Å². The molecule has 0 spiro atoms. The monoisotopic (exact) mass is 251 g/mol. The zero-order chi connectivity index (χ0) is 13.0. The largest absolute Gasteiger partial charge is 0.370 e. The number of pyridine rings is 1. The molecule has 1 aliphatic rings. The summed E-state index contributed by atoms with van der Waals surface area (Å²) in [5, 5.41) is 3.59. The zero-order valence-electron chi connectivity index (χ0n) is 11.2. The van der Waals surface area contributed by atoms with Crippen LogP contribution in [0.15, 0.2) is 18.5 Å². The van der Waals surface area contributed by atoms with Crippen molar-refractivity contribution in [2.45, 2.75) is 32.7 Å². The number of hydrogen-bond donors (Lipinski definition) is 1. The van der Waals surface area contributed by atoms with Crippen molar-refractivity contribution in [3.05, 3.63) is 24.3 Å². The average Bonchev–Trinajstić information content (AvgIpc) is 2.37. The smallest absolute Gasteiger partial charge is 0.143 e. The highest BCUT2D eigenvalue weighted by atomic mass is 19.1. The molecule has 3 nitrogen and oxygen atoms in total. The number of halogens is 1. The van der Waals surface area contributed by atoms with Crippen LogP contribution < -0.4 is 10.2 Å². The normalized spacial score (nSPS) is 24.3. The van der Waals surface area contributed by atoms with Crippen LogP contribution in [0.1, 0.15) is 26.7 Å². The molecule has 4 heteroatoms. The molecule has 1 aromatic heterocycles. The molecule has 1 N–H and O–H groups in total. The topological polar surface area (TPSA) is 28.2 Å². The number of aromatic nitrogens is 1. The number of anilines is 1. The van der Waals surface area contributed by atoms with E-state index in [4.69, 9.17) is 0 Å². The summed E-state index contributed by atoms with van der Waals surface area (Å²) < 4.78 is 13.2. The Bertz CT molecular complexity index is 383. The minimum Gasteiger partial charge on any atom is -0.370 e. The zero-order valence-corrected chi connectivity index (χ0v) is 11.2. The molecule has 100 valence electrons. The van der Waals surface area contributed by atoms with Gasteiger partial charge >= 0.3 is 0 Å². The highest BCUT2D eigenvalue weighted by Gasteiger charge is 2.25. The van der Waals surface area contributed by atoms with Gasteiger partial charge in [0.1, 0.15) is 5.82 Å². The molecule has 1 aliphatic heterocycles. The Kier molecular flexibility index (Phi) is 4.53. The van der Waals surface area contributed by atoms with Crippen molar-refractivity contribution in [2.24, 2.45) is 5.92 Å². The van der Waals surface area contributed by atoms with Crippen LogP contribution in [-0.2, 0) is 0 Å². The molecule has 1 aromatic rings. The molecule has 0 radical (unpaired) electrons. The maximum atomic E-state index is 13.2. The molecule has 2 heterocycles. The van der Waals surface area contributed by atoms with Crippen molar-refractivity contribution in [2.75, 3.05) is 24.5 Å². The fourth-order valence-electron chi connectivity index (χ4n) is 2.59. The minimum absolute atomic E-state index is 0.258. The number of nitrogens with one attached hydrogen (secondary N) is 1. The van der Waals surface area contributed by atoms with Gasteiger partial charge in [-0.25, -0.2) is 4.39 Å². The van der Waals surface area contributed by atoms with Crippen molar-refractivity contribution >= 4 is 5.69 Å². The molecule has 18 heavy (non-hydrogen) atoms. The molecular formula is C14H22FN3. The summed E-state index contributed by atoms with van der Waals surface area (Å²) in [5.41, 5.74) is 0.899. The quantitative estimate of drug-likeness (QED) is 0.891. The summed E-state index contributed by atoms with van der Waals surface area (Å²) in [6.45, 7) is 7.46. The average molecular weight is 251 g/mol. The van der Waals surface area contributed by atoms with Gasteiger partial charge in [-0.1, -0.05) is 13.8 Å². The summed E-state index contributed by atoms with van der Waals surface area (Å²) in [6, 6.07) is 2.15. The Hall–Kier alpha value is -1.16. The molecule has 0 saturated carbocycles. The van der Waals surface area contributed by atoms with Gasteiger partial charge in [-0.05, 0) is 25.3 Å². The second kappa shape index (κ2) is 6.14. The molecule has 0 amide bonds. The first-order chi connectivity index (χ1) is 8.70. The van der Waals surface area contributed by atoms with Gasteiger partial charge in [0.15, 0.2) is 0 Å². The Morgan fingerprint density at radius 2 is 2.33 bits per heavy atom. The van der Waals surface area contributed by atoms with Crippen LogP contribution in [0.4, 0.5) is 10.1 Å². The molecule has 1 fully saturated rings. The van der Waals surface area contributed by atoms with E-state index in [2.05, 4.69) is 29.0 Å². The van der Waals surface area contributed by atoms with E-state index in [-0.39, 0.29) is 5.82 Å². The highest BCUT2D eigenvalue weighted by Crippen LogP contribution is 2.23. The van der Waals surface area contributed by atoms with Crippen LogP contribution in [0.2, 0.25) is 0 Å². The first kappa shape index (κ1) is 13.3. The lowest BCUT2D eigenvalue weighted by Gasteiger charge is -2.38. The van der Waals surface area contributed by atoms with E-state index in [0.717, 1.165) is 31.7 Å². The second-order valence-corrected chi connectivity index (χ2v) is 5.13. The van der Waals surface area contributed by atoms with Crippen LogP contribution in [0, 0.1) is 11.7 Å². The van der Waals surface area contributed by atoms with Crippen LogP contribution >= 0.6 is 0 Å². The van der Waals surface area contributed by atoms with Crippen LogP contribution in [-0.4, -0.2) is 30.7 Å². The van der Waals surface area contributed by atoms with Crippen LogP contribution in [0.3, 0.4) is 0 Å². The Balaban J connectivity index is 1.95. The number of nitrogens with zero attached hydrogens (tertiary/aromatic N) is 2. The van der Waals surface area contributed by atoms with Crippen molar-refractivity contribution < 1.29 is 4.39 Å². The van der Waals surface area contributed by atoms with E-state index in [1.54, 1.807) is 12.3 Å². The SMILES string of the molecule is CCCNC1CCN(c2cncc(F)c2)CC1C. The lowest BCUT2D eigenvalue weighted by atomic mass is 9.93. The van der Waals surface area contributed by atoms with E-state index >= 15 is 0 Å². The third-order valence-corrected chi connectivity index (χ3v) is 3.62. The number of piperidine rings is 1. The lowest BCUT2D eigenvalue weighted by molar-refractivity contribution is 0.322. The third-order valence-electron chi connectivity index (χ3n) is 3.62. The maximum Gasteiger partial charge on any atom is 0.143 e. The van der Waals surface area contributed by atoms with Crippen molar-refractivity contribution in [3.63, 3.8) is 0 Å². The molecule has 2 unspecified atom stereocenters. The molecule has 0 bridgehead atoms. The van der Waals surface area contributed by atoms with Gasteiger partial charge in [-0.3, -0.25) is 4.98 Å². The first-order valence-corrected chi connectivity index (χ1v) is 6.79. The van der Waals surface area contributed by atoms with E-state index in [0.29, 0.717) is 12.0 Å². The van der Waals surface area contributed by atoms with Gasteiger partial charge in [0.05, 0.1) is 18.1 Å². The number of rotatable bonds is 4. The van der Waals surface area contributed by atoms with E-state index < -0.39 is 0 Å². The fourth-order valence-corrected chi connectivity index (χ4v) is 2.59. The maximum absolute atomic E-state index is 13.2. The standard InChI is InChI=1S/C14H22FN3/c1-3-5-17-14-4-6-18(10-11(14)2)13-7-12(15)8-16-9-13/h7-9,11,14,17H,3-6,10H2,1-2H3. The predicted octanol–water partition coefficient (Wildman–Crippen LogP) is 2.44. The Morgan fingerprint density at radius 1 is 1.50 bits per heavy atom. The van der Waals surface area contributed by atoms with Crippen molar-refractivity contribution in [3.8, 4) is 0 Å². The molecule has 2 rings (SSSR count). The first-order valence-electron chi connectivity index (χ1n) is 6.79. The highest BCUT2D eigenvalue weighted by molar-refractivity contribution is 5.44. The Labute approximate surface area is 108 Å². The molecule has 0 aliphatic carbocycles. The molecular weight excluding hydrogens is 229 g/mol. The van der Waals surface area contributed by atoms with Gasteiger partial charge in [0.2, 0.25) is 0 Å². The fraction of sp³-hybridized carbons (Fsp3) is 0.643. The molecule has 1 saturated heterocycles. The third kappa shape index (κ3) is 3.19. The van der Waals surface area contributed by atoms with Crippen molar-refractivity contribution in [1.82, 2.24) is 10.3 Å². The van der Waals surface area contributed by atoms with Gasteiger partial charge in [-0.15, -0.1) is 0 Å². The predicted molar refractivity (Wildman–Crippen MR) is 72.3 cm³/mol. The van der Waals surface area contributed by atoms with E-state index in [1.807, 2.05) is 0 Å². The Morgan fingerprint density at radius 3 is 3.00 bits per heavy atom. The second-order valence-electron chi connectivity index (χ2n) is 5.13. The minimum atomic E-state index is -0.258. The summed E-state index contributed by atoms with van der Waals surface area (Å²) >= 11 is 0. The lowest BCUT2D eigenvalue weighted by Crippen LogP contribution is -2.48. The van der Waals surface area contributed by atoms with Gasteiger partial charge in [0.25, 0.3) is 0 Å². The number of hydrogen-bond acceptors (Lipinski definition) is 3. The van der Waals surface area contributed by atoms with Gasteiger partial charge in [0, 0.05) is 25.2 Å². The summed E-state index contributed by atoms with van der Waals surface area (Å²) in [4.78, 5) is 6.15.